The maximum Gasteiger partial charge on any atom is 0.0405 e. The lowest BCUT2D eigenvalue weighted by molar-refractivity contribution is 0.0739. The third-order valence-corrected chi connectivity index (χ3v) is 7.96. The van der Waals surface area contributed by atoms with Crippen LogP contribution in [0.1, 0.15) is 41.1 Å². The highest BCUT2D eigenvalue weighted by molar-refractivity contribution is 5.64. The van der Waals surface area contributed by atoms with E-state index in [1.165, 1.54) is 49.3 Å². The number of anilines is 1. The Morgan fingerprint density at radius 2 is 1.86 bits per heavy atom. The van der Waals surface area contributed by atoms with E-state index in [1.807, 2.05) is 0 Å². The van der Waals surface area contributed by atoms with Crippen LogP contribution in [0, 0.1) is 31.6 Å². The van der Waals surface area contributed by atoms with Crippen LogP contribution in [0.25, 0.3) is 0 Å². The van der Waals surface area contributed by atoms with Gasteiger partial charge in [0.25, 0.3) is 0 Å². The minimum atomic E-state index is 0.704. The number of hydrogen-bond donors (Lipinski definition) is 0. The second-order valence-corrected chi connectivity index (χ2v) is 9.91. The molecule has 1 saturated carbocycles. The number of aryl methyl sites for hydroxylation is 2. The Bertz CT molecular complexity index is 875. The van der Waals surface area contributed by atoms with Gasteiger partial charge < -0.3 is 9.80 Å². The standard InChI is InChI=1S/C25H31N3/c1-16-3-6-23-22(9-16)24-20-10-19-11-21(15-27(13-19)14-20)25(24)28(23)8-7-18-5-4-17(2)26-12-18/h3-6,9,12,19-21,24-25H,7-8,10-11,13-15H2,1-2H3/t19?,20-,21-,24-,25-/m1/s1. The van der Waals surface area contributed by atoms with E-state index in [-0.39, 0.29) is 0 Å². The van der Waals surface area contributed by atoms with Gasteiger partial charge in [0.2, 0.25) is 0 Å². The molecule has 146 valence electrons. The highest BCUT2D eigenvalue weighted by Crippen LogP contribution is 2.55. The van der Waals surface area contributed by atoms with Gasteiger partial charge in [-0.05, 0) is 74.1 Å². The summed E-state index contributed by atoms with van der Waals surface area (Å²) in [6.45, 7) is 9.47. The van der Waals surface area contributed by atoms with Gasteiger partial charge in [-0.3, -0.25) is 4.98 Å². The van der Waals surface area contributed by atoms with E-state index < -0.39 is 0 Å². The van der Waals surface area contributed by atoms with Crippen molar-refractivity contribution in [3.05, 3.63) is 58.9 Å². The third kappa shape index (κ3) is 2.62. The van der Waals surface area contributed by atoms with Crippen molar-refractivity contribution in [3.8, 4) is 0 Å². The second kappa shape index (κ2) is 6.32. The van der Waals surface area contributed by atoms with Gasteiger partial charge >= 0.3 is 0 Å². The third-order valence-electron chi connectivity index (χ3n) is 7.96. The van der Waals surface area contributed by atoms with Gasteiger partial charge in [-0.1, -0.05) is 23.8 Å². The molecule has 6 atom stereocenters. The van der Waals surface area contributed by atoms with Crippen LogP contribution >= 0.6 is 0 Å². The Balaban J connectivity index is 1.37. The van der Waals surface area contributed by atoms with Crippen molar-refractivity contribution < 1.29 is 0 Å². The largest absolute Gasteiger partial charge is 0.367 e. The maximum absolute atomic E-state index is 4.52. The summed E-state index contributed by atoms with van der Waals surface area (Å²) in [7, 11) is 0. The summed E-state index contributed by atoms with van der Waals surface area (Å²) < 4.78 is 0. The zero-order valence-corrected chi connectivity index (χ0v) is 17.1. The van der Waals surface area contributed by atoms with E-state index in [2.05, 4.69) is 65.2 Å². The minimum Gasteiger partial charge on any atom is -0.367 e. The molecule has 0 N–H and O–H groups in total. The van der Waals surface area contributed by atoms with E-state index >= 15 is 0 Å². The van der Waals surface area contributed by atoms with Crippen molar-refractivity contribution in [1.82, 2.24) is 9.88 Å². The van der Waals surface area contributed by atoms with Crippen molar-refractivity contribution >= 4 is 5.69 Å². The number of piperidine rings is 2. The van der Waals surface area contributed by atoms with E-state index in [0.717, 1.165) is 42.3 Å². The first-order valence-corrected chi connectivity index (χ1v) is 11.2. The first-order chi connectivity index (χ1) is 13.7. The SMILES string of the molecule is Cc1ccc2c(c1)[C@H]1[C@@H]3CC4C[C@H](CN(C4)C3)[C@H]1N2CCc1ccc(C)nc1. The Morgan fingerprint density at radius 3 is 2.68 bits per heavy atom. The zero-order valence-electron chi connectivity index (χ0n) is 17.1. The summed E-state index contributed by atoms with van der Waals surface area (Å²) in [6.07, 6.45) is 6.07. The normalized spacial score (nSPS) is 35.0. The van der Waals surface area contributed by atoms with Crippen LogP contribution in [0.4, 0.5) is 5.69 Å². The van der Waals surface area contributed by atoms with Gasteiger partial charge in [-0.2, -0.15) is 0 Å². The van der Waals surface area contributed by atoms with Gasteiger partial charge in [0.1, 0.15) is 0 Å². The lowest BCUT2D eigenvalue weighted by atomic mass is 9.79. The zero-order chi connectivity index (χ0) is 18.8. The first-order valence-electron chi connectivity index (χ1n) is 11.2. The molecule has 3 heteroatoms. The predicted octanol–water partition coefficient (Wildman–Crippen LogP) is 4.18. The summed E-state index contributed by atoms with van der Waals surface area (Å²) in [5, 5.41) is 0. The summed E-state index contributed by atoms with van der Waals surface area (Å²) in [6, 6.07) is 12.4. The summed E-state index contributed by atoms with van der Waals surface area (Å²) in [5.41, 5.74) is 7.09. The fraction of sp³-hybridized carbons (Fsp3) is 0.560. The maximum atomic E-state index is 4.52. The summed E-state index contributed by atoms with van der Waals surface area (Å²) >= 11 is 0. The number of hydrogen-bond acceptors (Lipinski definition) is 3. The molecule has 2 aromatic rings. The fourth-order valence-electron chi connectivity index (χ4n) is 7.00. The molecule has 0 spiro atoms. The molecule has 0 radical (unpaired) electrons. The molecule has 1 aromatic heterocycles. The van der Waals surface area contributed by atoms with Crippen molar-refractivity contribution in [2.75, 3.05) is 31.1 Å². The number of aromatic nitrogens is 1. The van der Waals surface area contributed by atoms with Gasteiger partial charge in [0, 0.05) is 55.7 Å². The highest BCUT2D eigenvalue weighted by atomic mass is 15.2. The molecule has 7 rings (SSSR count). The van der Waals surface area contributed by atoms with Crippen LogP contribution in [0.5, 0.6) is 0 Å². The molecule has 1 aliphatic carbocycles. The Labute approximate surface area is 168 Å². The molecular weight excluding hydrogens is 342 g/mol. The monoisotopic (exact) mass is 373 g/mol. The quantitative estimate of drug-likeness (QED) is 0.804. The highest BCUT2D eigenvalue weighted by Gasteiger charge is 2.53. The molecule has 4 bridgehead atoms. The molecule has 3 nitrogen and oxygen atoms in total. The first kappa shape index (κ1) is 17.0. The summed E-state index contributed by atoms with van der Waals surface area (Å²) in [4.78, 5) is 10.1. The predicted molar refractivity (Wildman–Crippen MR) is 114 cm³/mol. The van der Waals surface area contributed by atoms with Gasteiger partial charge in [0.05, 0.1) is 0 Å². The Hall–Kier alpha value is -1.87. The average Bonchev–Trinajstić information content (AvgIpc) is 2.89. The lowest BCUT2D eigenvalue weighted by Gasteiger charge is -2.43. The Morgan fingerprint density at radius 1 is 1.00 bits per heavy atom. The molecule has 3 saturated heterocycles. The average molecular weight is 374 g/mol. The van der Waals surface area contributed by atoms with Gasteiger partial charge in [0.15, 0.2) is 0 Å². The molecule has 4 fully saturated rings. The number of rotatable bonds is 3. The number of nitrogens with zero attached hydrogens (tertiary/aromatic N) is 3. The van der Waals surface area contributed by atoms with Crippen LogP contribution in [0.3, 0.4) is 0 Å². The molecule has 5 heterocycles. The molecule has 4 aliphatic heterocycles. The minimum absolute atomic E-state index is 0.704. The van der Waals surface area contributed by atoms with E-state index in [4.69, 9.17) is 0 Å². The Kier molecular flexibility index (Phi) is 3.84. The molecule has 0 amide bonds. The van der Waals surface area contributed by atoms with Crippen molar-refractivity contribution in [2.45, 2.75) is 45.1 Å². The smallest absolute Gasteiger partial charge is 0.0405 e. The lowest BCUT2D eigenvalue weighted by Crippen LogP contribution is -2.48. The van der Waals surface area contributed by atoms with Crippen molar-refractivity contribution in [2.24, 2.45) is 17.8 Å². The summed E-state index contributed by atoms with van der Waals surface area (Å²) in [5.74, 6) is 3.37. The fourth-order valence-corrected chi connectivity index (χ4v) is 7.00. The second-order valence-electron chi connectivity index (χ2n) is 9.91. The topological polar surface area (TPSA) is 19.4 Å². The molecule has 2 unspecified atom stereocenters. The molecule has 1 aromatic carbocycles. The van der Waals surface area contributed by atoms with Crippen LogP contribution in [-0.4, -0.2) is 42.1 Å². The molecule has 28 heavy (non-hydrogen) atoms. The van der Waals surface area contributed by atoms with Crippen LogP contribution < -0.4 is 4.90 Å². The van der Waals surface area contributed by atoms with Crippen molar-refractivity contribution in [1.29, 1.82) is 0 Å². The number of benzene rings is 1. The number of pyridine rings is 1. The van der Waals surface area contributed by atoms with Crippen LogP contribution in [0.2, 0.25) is 0 Å². The molecular formula is C25H31N3. The van der Waals surface area contributed by atoms with Crippen LogP contribution in [0.15, 0.2) is 36.5 Å². The van der Waals surface area contributed by atoms with Crippen molar-refractivity contribution in [3.63, 3.8) is 0 Å². The van der Waals surface area contributed by atoms with E-state index in [1.54, 1.807) is 5.56 Å². The van der Waals surface area contributed by atoms with Crippen LogP contribution in [-0.2, 0) is 6.42 Å². The van der Waals surface area contributed by atoms with Gasteiger partial charge in [-0.15, -0.1) is 0 Å². The molecule has 5 aliphatic rings. The number of fused-ring (bicyclic) bond motifs is 1. The van der Waals surface area contributed by atoms with Gasteiger partial charge in [-0.25, -0.2) is 0 Å². The van der Waals surface area contributed by atoms with E-state index in [0.29, 0.717) is 6.04 Å². The van der Waals surface area contributed by atoms with E-state index in [9.17, 15) is 0 Å².